The van der Waals surface area contributed by atoms with Crippen LogP contribution in [0.3, 0.4) is 0 Å². The first kappa shape index (κ1) is 27.9. The zero-order chi connectivity index (χ0) is 29.9. The molecule has 1 atom stereocenters. The first-order chi connectivity index (χ1) is 20.9. The molecule has 12 nitrogen and oxygen atoms in total. The largest absolute Gasteiger partial charge is 0.494 e. The van der Waals surface area contributed by atoms with Gasteiger partial charge in [-0.05, 0) is 57.1 Å². The highest BCUT2D eigenvalue weighted by Gasteiger charge is 2.19. The van der Waals surface area contributed by atoms with Gasteiger partial charge in [0, 0.05) is 41.9 Å². The third kappa shape index (κ3) is 5.90. The van der Waals surface area contributed by atoms with Crippen LogP contribution >= 0.6 is 0 Å². The average molecular weight is 581 g/mol. The van der Waals surface area contributed by atoms with E-state index in [0.29, 0.717) is 56.7 Å². The van der Waals surface area contributed by atoms with Gasteiger partial charge in [-0.2, -0.15) is 5.10 Å². The number of ether oxygens (including phenoxy) is 3. The van der Waals surface area contributed by atoms with E-state index in [-0.39, 0.29) is 11.9 Å². The predicted molar refractivity (Wildman–Crippen MR) is 164 cm³/mol. The van der Waals surface area contributed by atoms with Gasteiger partial charge in [-0.15, -0.1) is 0 Å². The maximum Gasteiger partial charge on any atom is 0.248 e. The van der Waals surface area contributed by atoms with Crippen molar-refractivity contribution in [3.8, 4) is 23.0 Å². The summed E-state index contributed by atoms with van der Waals surface area (Å²) < 4.78 is 19.1. The number of aromatic nitrogens is 5. The fraction of sp³-hybridized carbons (Fsp3) is 0.258. The molecule has 0 radical (unpaired) electrons. The number of carbonyl (C=O) groups is 1. The standard InChI is InChI=1S/C31H32N8O4/c1-19-12-24(28(42-4)16-26(19)43-21-9-11-39-29(13-21)33-18-35-39)37-31-22-14-25(27(41-3)15-23(22)32-17-34-31)36-30(40)8-7-20-6-5-10-38(20)2/h7-9,11-18,20H,5-6,10H2,1-4H3,(H,36,40)(H,32,34,37)/b8-7+. The quantitative estimate of drug-likeness (QED) is 0.227. The van der Waals surface area contributed by atoms with Gasteiger partial charge in [0.15, 0.2) is 5.65 Å². The normalized spacial score (nSPS) is 15.3. The number of anilines is 3. The molecule has 2 aromatic carbocycles. The topological polar surface area (TPSA) is 128 Å². The molecule has 6 rings (SSSR count). The molecule has 0 aliphatic carbocycles. The average Bonchev–Trinajstić information content (AvgIpc) is 3.65. The molecule has 3 aromatic heterocycles. The predicted octanol–water partition coefficient (Wildman–Crippen LogP) is 5.12. The maximum absolute atomic E-state index is 12.8. The van der Waals surface area contributed by atoms with E-state index >= 15 is 0 Å². The molecule has 43 heavy (non-hydrogen) atoms. The van der Waals surface area contributed by atoms with Gasteiger partial charge >= 0.3 is 0 Å². The number of pyridine rings is 1. The number of aryl methyl sites for hydroxylation is 1. The fourth-order valence-electron chi connectivity index (χ4n) is 5.16. The van der Waals surface area contributed by atoms with Crippen LogP contribution in [0.5, 0.6) is 23.0 Å². The van der Waals surface area contributed by atoms with E-state index in [1.54, 1.807) is 43.1 Å². The Bertz CT molecular complexity index is 1840. The molecule has 1 saturated heterocycles. The number of nitrogens with zero attached hydrogens (tertiary/aromatic N) is 6. The summed E-state index contributed by atoms with van der Waals surface area (Å²) in [5.74, 6) is 2.61. The second-order valence-electron chi connectivity index (χ2n) is 10.3. The minimum atomic E-state index is -0.236. The Morgan fingerprint density at radius 3 is 2.63 bits per heavy atom. The van der Waals surface area contributed by atoms with Crippen LogP contribution in [-0.2, 0) is 4.79 Å². The van der Waals surface area contributed by atoms with Gasteiger partial charge < -0.3 is 24.8 Å². The Kier molecular flexibility index (Phi) is 7.75. The second-order valence-corrected chi connectivity index (χ2v) is 10.3. The second kappa shape index (κ2) is 11.9. The van der Waals surface area contributed by atoms with Crippen molar-refractivity contribution in [2.45, 2.75) is 25.8 Å². The molecule has 4 heterocycles. The molecule has 1 aliphatic rings. The van der Waals surface area contributed by atoms with E-state index in [1.807, 2.05) is 37.3 Å². The highest BCUT2D eigenvalue weighted by molar-refractivity contribution is 6.03. The smallest absolute Gasteiger partial charge is 0.248 e. The lowest BCUT2D eigenvalue weighted by Gasteiger charge is -2.17. The summed E-state index contributed by atoms with van der Waals surface area (Å²) in [4.78, 5) is 28.2. The summed E-state index contributed by atoms with van der Waals surface area (Å²) in [5.41, 5.74) is 3.40. The van der Waals surface area contributed by atoms with Crippen molar-refractivity contribution in [2.24, 2.45) is 0 Å². The Balaban J connectivity index is 1.27. The minimum Gasteiger partial charge on any atom is -0.494 e. The first-order valence-corrected chi connectivity index (χ1v) is 13.9. The maximum atomic E-state index is 12.8. The van der Waals surface area contributed by atoms with E-state index in [9.17, 15) is 4.79 Å². The molecular weight excluding hydrogens is 548 g/mol. The molecule has 0 saturated carbocycles. The van der Waals surface area contributed by atoms with E-state index in [2.05, 4.69) is 42.6 Å². The van der Waals surface area contributed by atoms with Gasteiger partial charge in [0.2, 0.25) is 5.91 Å². The number of hydrogen-bond acceptors (Lipinski definition) is 10. The number of hydrogen-bond donors (Lipinski definition) is 2. The lowest BCUT2D eigenvalue weighted by atomic mass is 10.1. The summed E-state index contributed by atoms with van der Waals surface area (Å²) >= 11 is 0. The van der Waals surface area contributed by atoms with Gasteiger partial charge in [0.05, 0.1) is 31.1 Å². The first-order valence-electron chi connectivity index (χ1n) is 13.9. The summed E-state index contributed by atoms with van der Waals surface area (Å²) in [6.45, 7) is 2.98. The molecule has 2 N–H and O–H groups in total. The van der Waals surface area contributed by atoms with Crippen molar-refractivity contribution in [1.29, 1.82) is 0 Å². The van der Waals surface area contributed by atoms with Crippen LogP contribution in [0.4, 0.5) is 17.2 Å². The third-order valence-corrected chi connectivity index (χ3v) is 7.49. The fourth-order valence-corrected chi connectivity index (χ4v) is 5.16. The number of amides is 1. The molecule has 220 valence electrons. The van der Waals surface area contributed by atoms with E-state index < -0.39 is 0 Å². The van der Waals surface area contributed by atoms with Crippen molar-refractivity contribution in [3.63, 3.8) is 0 Å². The van der Waals surface area contributed by atoms with Crippen LogP contribution in [-0.4, -0.2) is 69.2 Å². The highest BCUT2D eigenvalue weighted by Crippen LogP contribution is 2.38. The molecular formula is C31H32N8O4. The van der Waals surface area contributed by atoms with Crippen LogP contribution in [0.2, 0.25) is 0 Å². The molecule has 0 spiro atoms. The molecule has 1 amide bonds. The Hall–Kier alpha value is -5.23. The van der Waals surface area contributed by atoms with Crippen molar-refractivity contribution in [1.82, 2.24) is 29.5 Å². The van der Waals surface area contributed by atoms with Gasteiger partial charge in [0.25, 0.3) is 0 Å². The Morgan fingerprint density at radius 1 is 1.00 bits per heavy atom. The summed E-state index contributed by atoms with van der Waals surface area (Å²) in [7, 11) is 5.22. The van der Waals surface area contributed by atoms with Crippen molar-refractivity contribution in [2.75, 3.05) is 38.4 Å². The number of carbonyl (C=O) groups excluding carboxylic acids is 1. The summed E-state index contributed by atoms with van der Waals surface area (Å²) in [6, 6.07) is 11.2. The van der Waals surface area contributed by atoms with E-state index in [4.69, 9.17) is 14.2 Å². The van der Waals surface area contributed by atoms with Gasteiger partial charge in [-0.1, -0.05) is 6.08 Å². The van der Waals surface area contributed by atoms with Crippen molar-refractivity contribution < 1.29 is 19.0 Å². The van der Waals surface area contributed by atoms with Gasteiger partial charge in [0.1, 0.15) is 41.5 Å². The number of methoxy groups -OCH3 is 2. The highest BCUT2D eigenvalue weighted by atomic mass is 16.5. The minimum absolute atomic E-state index is 0.236. The van der Waals surface area contributed by atoms with Crippen LogP contribution in [0.25, 0.3) is 16.6 Å². The summed E-state index contributed by atoms with van der Waals surface area (Å²) in [6.07, 6.45) is 10.4. The Morgan fingerprint density at radius 2 is 1.84 bits per heavy atom. The lowest BCUT2D eigenvalue weighted by Crippen LogP contribution is -2.23. The monoisotopic (exact) mass is 580 g/mol. The van der Waals surface area contributed by atoms with Crippen LogP contribution < -0.4 is 24.8 Å². The molecule has 1 unspecified atom stereocenters. The van der Waals surface area contributed by atoms with Gasteiger partial charge in [-0.3, -0.25) is 9.69 Å². The molecule has 0 bridgehead atoms. The number of fused-ring (bicyclic) bond motifs is 2. The zero-order valence-corrected chi connectivity index (χ0v) is 24.4. The number of likely N-dealkylation sites (tertiary alicyclic amines) is 1. The SMILES string of the molecule is COc1cc2ncnc(Nc3cc(C)c(Oc4ccn5ncnc5c4)cc3OC)c2cc1NC(=O)/C=C/C1CCCN1C. The van der Waals surface area contributed by atoms with Crippen LogP contribution in [0.15, 0.2) is 67.4 Å². The number of rotatable bonds is 9. The van der Waals surface area contributed by atoms with Crippen molar-refractivity contribution >= 4 is 39.6 Å². The number of likely N-dealkylation sites (N-methyl/N-ethyl adjacent to an activating group) is 1. The lowest BCUT2D eigenvalue weighted by molar-refractivity contribution is -0.111. The zero-order valence-electron chi connectivity index (χ0n) is 24.4. The molecule has 5 aromatic rings. The number of benzene rings is 2. The molecule has 1 aliphatic heterocycles. The number of nitrogens with one attached hydrogen (secondary N) is 2. The van der Waals surface area contributed by atoms with E-state index in [0.717, 1.165) is 24.9 Å². The summed E-state index contributed by atoms with van der Waals surface area (Å²) in [5, 5.41) is 11.1. The molecule has 12 heteroatoms. The molecule has 1 fully saturated rings. The van der Waals surface area contributed by atoms with Gasteiger partial charge in [-0.25, -0.2) is 19.5 Å². The Labute approximate surface area is 248 Å². The van der Waals surface area contributed by atoms with Crippen molar-refractivity contribution in [3.05, 3.63) is 73.0 Å². The van der Waals surface area contributed by atoms with Crippen LogP contribution in [0, 0.1) is 6.92 Å². The van der Waals surface area contributed by atoms with Crippen LogP contribution in [0.1, 0.15) is 18.4 Å². The van der Waals surface area contributed by atoms with E-state index in [1.165, 1.54) is 12.7 Å². The third-order valence-electron chi connectivity index (χ3n) is 7.49.